The second-order valence-electron chi connectivity index (χ2n) is 7.21. The minimum atomic E-state index is 0.364. The Bertz CT molecular complexity index is 1050. The molecule has 0 aliphatic rings. The molecule has 3 rings (SSSR count). The zero-order valence-electron chi connectivity index (χ0n) is 17.9. The Morgan fingerprint density at radius 2 is 1.77 bits per heavy atom. The fraction of sp³-hybridized carbons (Fsp3) is 0.231. The summed E-state index contributed by atoms with van der Waals surface area (Å²) >= 11 is 12.5. The minimum Gasteiger partial charge on any atom is -0.490 e. The number of benzene rings is 3. The van der Waals surface area contributed by atoms with Crippen LogP contribution in [0.4, 0.5) is 5.69 Å². The van der Waals surface area contributed by atoms with Crippen molar-refractivity contribution in [1.82, 2.24) is 0 Å². The van der Waals surface area contributed by atoms with E-state index in [9.17, 15) is 0 Å². The number of aryl methyl sites for hydroxylation is 1. The third-order valence-corrected chi connectivity index (χ3v) is 5.63. The predicted octanol–water partition coefficient (Wildman–Crippen LogP) is 7.62. The highest BCUT2D eigenvalue weighted by Crippen LogP contribution is 2.35. The van der Waals surface area contributed by atoms with E-state index < -0.39 is 0 Å². The molecule has 0 spiro atoms. The molecule has 0 aliphatic heterocycles. The Labute approximate surface area is 194 Å². The summed E-state index contributed by atoms with van der Waals surface area (Å²) in [5, 5.41) is 4.86. The van der Waals surface area contributed by atoms with E-state index in [-0.39, 0.29) is 0 Å². The molecule has 162 valence electrons. The maximum atomic E-state index is 6.29. The molecule has 0 unspecified atom stereocenters. The summed E-state index contributed by atoms with van der Waals surface area (Å²) in [6.07, 6.45) is 2.53. The average molecular weight is 456 g/mol. The molecule has 31 heavy (non-hydrogen) atoms. The molecule has 0 fully saturated rings. The van der Waals surface area contributed by atoms with Crippen LogP contribution >= 0.6 is 23.2 Å². The van der Waals surface area contributed by atoms with Crippen molar-refractivity contribution in [3.63, 3.8) is 0 Å². The van der Waals surface area contributed by atoms with Gasteiger partial charge in [-0.25, -0.2) is 0 Å². The van der Waals surface area contributed by atoms with Gasteiger partial charge in [0.15, 0.2) is 11.5 Å². The highest BCUT2D eigenvalue weighted by molar-refractivity contribution is 6.31. The molecule has 0 heterocycles. The van der Waals surface area contributed by atoms with Crippen LogP contribution in [-0.4, -0.2) is 6.61 Å². The third-order valence-electron chi connectivity index (χ3n) is 4.85. The van der Waals surface area contributed by atoms with Crippen LogP contribution in [0.3, 0.4) is 0 Å². The SMILES string of the molecule is C=CCc1cc(CNc2ccc(C)c(Cl)c2)cc(OCC)c1OCc1ccccc1Cl. The number of anilines is 1. The van der Waals surface area contributed by atoms with Gasteiger partial charge in [-0.3, -0.25) is 0 Å². The first kappa shape index (κ1) is 23.1. The third kappa shape index (κ3) is 6.19. The molecule has 0 saturated carbocycles. The topological polar surface area (TPSA) is 30.5 Å². The number of hydrogen-bond acceptors (Lipinski definition) is 3. The van der Waals surface area contributed by atoms with E-state index in [1.165, 1.54) is 0 Å². The summed E-state index contributed by atoms with van der Waals surface area (Å²) in [5.41, 5.74) is 5.06. The van der Waals surface area contributed by atoms with Crippen molar-refractivity contribution in [1.29, 1.82) is 0 Å². The fourth-order valence-electron chi connectivity index (χ4n) is 3.23. The first-order valence-electron chi connectivity index (χ1n) is 10.3. The van der Waals surface area contributed by atoms with Gasteiger partial charge in [0.1, 0.15) is 6.61 Å². The normalized spacial score (nSPS) is 10.6. The van der Waals surface area contributed by atoms with Crippen molar-refractivity contribution in [2.75, 3.05) is 11.9 Å². The molecular weight excluding hydrogens is 429 g/mol. The van der Waals surface area contributed by atoms with Crippen LogP contribution in [0.25, 0.3) is 0 Å². The molecule has 0 amide bonds. The van der Waals surface area contributed by atoms with Gasteiger partial charge in [-0.15, -0.1) is 6.58 Å². The van der Waals surface area contributed by atoms with Crippen molar-refractivity contribution in [3.05, 3.63) is 99.6 Å². The summed E-state index contributed by atoms with van der Waals surface area (Å²) in [4.78, 5) is 0. The summed E-state index contributed by atoms with van der Waals surface area (Å²) in [6, 6.07) is 17.8. The Balaban J connectivity index is 1.85. The zero-order valence-corrected chi connectivity index (χ0v) is 19.4. The Morgan fingerprint density at radius 1 is 0.968 bits per heavy atom. The van der Waals surface area contributed by atoms with E-state index >= 15 is 0 Å². The van der Waals surface area contributed by atoms with Crippen molar-refractivity contribution in [3.8, 4) is 11.5 Å². The summed E-state index contributed by atoms with van der Waals surface area (Å²) in [7, 11) is 0. The van der Waals surface area contributed by atoms with E-state index in [4.69, 9.17) is 32.7 Å². The first-order valence-corrected chi connectivity index (χ1v) is 11.0. The second-order valence-corrected chi connectivity index (χ2v) is 8.02. The van der Waals surface area contributed by atoms with Gasteiger partial charge in [0.2, 0.25) is 0 Å². The van der Waals surface area contributed by atoms with Gasteiger partial charge in [-0.05, 0) is 61.7 Å². The molecular formula is C26H27Cl2NO2. The number of halogens is 2. The lowest BCUT2D eigenvalue weighted by Crippen LogP contribution is -2.06. The van der Waals surface area contributed by atoms with Crippen molar-refractivity contribution in [2.45, 2.75) is 33.4 Å². The molecule has 5 heteroatoms. The zero-order chi connectivity index (χ0) is 22.2. The molecule has 3 aromatic carbocycles. The van der Waals surface area contributed by atoms with Crippen LogP contribution < -0.4 is 14.8 Å². The van der Waals surface area contributed by atoms with Crippen molar-refractivity contribution in [2.24, 2.45) is 0 Å². The Kier molecular flexibility index (Phi) is 8.27. The van der Waals surface area contributed by atoms with Gasteiger partial charge in [0.05, 0.1) is 6.61 Å². The smallest absolute Gasteiger partial charge is 0.165 e. The number of allylic oxidation sites excluding steroid dienone is 1. The number of ether oxygens (including phenoxy) is 2. The quantitative estimate of drug-likeness (QED) is 0.318. The lowest BCUT2D eigenvalue weighted by molar-refractivity contribution is 0.267. The molecule has 0 saturated heterocycles. The van der Waals surface area contributed by atoms with E-state index in [1.54, 1.807) is 0 Å². The lowest BCUT2D eigenvalue weighted by atomic mass is 10.0. The monoisotopic (exact) mass is 455 g/mol. The molecule has 0 bridgehead atoms. The van der Waals surface area contributed by atoms with Crippen LogP contribution in [-0.2, 0) is 19.6 Å². The van der Waals surface area contributed by atoms with Gasteiger partial charge in [0, 0.05) is 33.4 Å². The molecule has 3 aromatic rings. The summed E-state index contributed by atoms with van der Waals surface area (Å²) in [5.74, 6) is 1.44. The summed E-state index contributed by atoms with van der Waals surface area (Å²) < 4.78 is 12.1. The van der Waals surface area contributed by atoms with Crippen LogP contribution in [0.5, 0.6) is 11.5 Å². The van der Waals surface area contributed by atoms with Gasteiger partial charge < -0.3 is 14.8 Å². The van der Waals surface area contributed by atoms with E-state index in [0.29, 0.717) is 37.0 Å². The van der Waals surface area contributed by atoms with E-state index in [1.807, 2.05) is 68.5 Å². The maximum Gasteiger partial charge on any atom is 0.165 e. The number of nitrogens with one attached hydrogen (secondary N) is 1. The van der Waals surface area contributed by atoms with Gasteiger partial charge in [0.25, 0.3) is 0 Å². The molecule has 0 radical (unpaired) electrons. The maximum absolute atomic E-state index is 6.29. The number of hydrogen-bond donors (Lipinski definition) is 1. The van der Waals surface area contributed by atoms with Crippen LogP contribution in [0.1, 0.15) is 29.2 Å². The molecule has 0 aromatic heterocycles. The predicted molar refractivity (Wildman–Crippen MR) is 131 cm³/mol. The van der Waals surface area contributed by atoms with E-state index in [2.05, 4.69) is 18.0 Å². The Morgan fingerprint density at radius 3 is 2.48 bits per heavy atom. The summed E-state index contributed by atoms with van der Waals surface area (Å²) in [6.45, 7) is 9.39. The number of rotatable bonds is 10. The minimum absolute atomic E-state index is 0.364. The first-order chi connectivity index (χ1) is 15.0. The van der Waals surface area contributed by atoms with Gasteiger partial charge in [-0.1, -0.05) is 53.5 Å². The van der Waals surface area contributed by atoms with Crippen LogP contribution in [0.15, 0.2) is 67.3 Å². The van der Waals surface area contributed by atoms with Gasteiger partial charge >= 0.3 is 0 Å². The standard InChI is InChI=1S/C26H27Cl2NO2/c1-4-8-20-13-19(16-29-22-12-11-18(3)24(28)15-22)14-25(30-5-2)26(20)31-17-21-9-6-7-10-23(21)27/h4,6-7,9-15,29H,1,5,8,16-17H2,2-3H3. The highest BCUT2D eigenvalue weighted by Gasteiger charge is 2.14. The molecule has 1 N–H and O–H groups in total. The molecule has 0 aliphatic carbocycles. The average Bonchev–Trinajstić information content (AvgIpc) is 2.75. The van der Waals surface area contributed by atoms with Crippen LogP contribution in [0.2, 0.25) is 10.0 Å². The molecule has 3 nitrogen and oxygen atoms in total. The van der Waals surface area contributed by atoms with Crippen molar-refractivity contribution < 1.29 is 9.47 Å². The van der Waals surface area contributed by atoms with Crippen LogP contribution in [0, 0.1) is 6.92 Å². The van der Waals surface area contributed by atoms with Crippen molar-refractivity contribution >= 4 is 28.9 Å². The Hall–Kier alpha value is -2.62. The second kappa shape index (κ2) is 11.1. The molecule has 0 atom stereocenters. The lowest BCUT2D eigenvalue weighted by Gasteiger charge is -2.18. The largest absolute Gasteiger partial charge is 0.490 e. The fourth-order valence-corrected chi connectivity index (χ4v) is 3.60. The highest BCUT2D eigenvalue weighted by atomic mass is 35.5. The van der Waals surface area contributed by atoms with Gasteiger partial charge in [-0.2, -0.15) is 0 Å². The van der Waals surface area contributed by atoms with E-state index in [0.717, 1.165) is 38.7 Å².